The van der Waals surface area contributed by atoms with Crippen LogP contribution in [-0.2, 0) is 4.79 Å². The molecule has 1 atom stereocenters. The van der Waals surface area contributed by atoms with Crippen molar-refractivity contribution in [2.24, 2.45) is 5.92 Å². The zero-order valence-electron chi connectivity index (χ0n) is 12.4. The summed E-state index contributed by atoms with van der Waals surface area (Å²) in [6.45, 7) is 6.27. The predicted molar refractivity (Wildman–Crippen MR) is 76.4 cm³/mol. The topological polar surface area (TPSA) is 110 Å². The molecule has 0 fully saturated rings. The lowest BCUT2D eigenvalue weighted by atomic mass is 9.96. The van der Waals surface area contributed by atoms with E-state index < -0.39 is 22.7 Å². The minimum atomic E-state index is -1.02. The van der Waals surface area contributed by atoms with Crippen LogP contribution in [0.15, 0.2) is 6.07 Å². The van der Waals surface area contributed by atoms with Crippen molar-refractivity contribution in [2.75, 3.05) is 6.54 Å². The van der Waals surface area contributed by atoms with Crippen molar-refractivity contribution in [1.82, 2.24) is 5.32 Å². The first kappa shape index (κ1) is 16.6. The van der Waals surface area contributed by atoms with Gasteiger partial charge in [0.25, 0.3) is 11.6 Å². The molecule has 0 bridgehead atoms. The molecule has 21 heavy (non-hydrogen) atoms. The zero-order valence-corrected chi connectivity index (χ0v) is 12.4. The fourth-order valence-corrected chi connectivity index (χ4v) is 2.23. The lowest BCUT2D eigenvalue weighted by Crippen LogP contribution is -2.32. The number of rotatable bonds is 5. The SMILES string of the molecule is Cc1cc(C)c([N+](=O)[O-])c(C)c1C(=O)NCC(C)C(=O)O. The van der Waals surface area contributed by atoms with Crippen LogP contribution in [0, 0.1) is 36.8 Å². The summed E-state index contributed by atoms with van der Waals surface area (Å²) >= 11 is 0. The van der Waals surface area contributed by atoms with E-state index in [2.05, 4.69) is 5.32 Å². The van der Waals surface area contributed by atoms with Crippen LogP contribution < -0.4 is 5.32 Å². The van der Waals surface area contributed by atoms with Gasteiger partial charge < -0.3 is 10.4 Å². The number of aliphatic carboxylic acids is 1. The van der Waals surface area contributed by atoms with Gasteiger partial charge in [0.2, 0.25) is 0 Å². The highest BCUT2D eigenvalue weighted by Crippen LogP contribution is 2.28. The third-order valence-corrected chi connectivity index (χ3v) is 3.33. The molecule has 1 aromatic rings. The second-order valence-corrected chi connectivity index (χ2v) is 5.07. The number of benzene rings is 1. The Hall–Kier alpha value is -2.44. The van der Waals surface area contributed by atoms with Crippen molar-refractivity contribution >= 4 is 17.6 Å². The maximum atomic E-state index is 12.2. The highest BCUT2D eigenvalue weighted by molar-refractivity contribution is 5.98. The fraction of sp³-hybridized carbons (Fsp3) is 0.429. The van der Waals surface area contributed by atoms with Crippen molar-refractivity contribution in [1.29, 1.82) is 0 Å². The summed E-state index contributed by atoms with van der Waals surface area (Å²) < 4.78 is 0. The van der Waals surface area contributed by atoms with Crippen molar-refractivity contribution in [2.45, 2.75) is 27.7 Å². The molecule has 0 aliphatic rings. The first-order valence-corrected chi connectivity index (χ1v) is 6.43. The van der Waals surface area contributed by atoms with Gasteiger partial charge in [0.15, 0.2) is 0 Å². The molecular weight excluding hydrogens is 276 g/mol. The first-order valence-electron chi connectivity index (χ1n) is 6.43. The summed E-state index contributed by atoms with van der Waals surface area (Å²) in [6.07, 6.45) is 0. The molecule has 0 saturated heterocycles. The van der Waals surface area contributed by atoms with E-state index in [9.17, 15) is 19.7 Å². The molecule has 0 aliphatic heterocycles. The Bertz CT molecular complexity index is 610. The summed E-state index contributed by atoms with van der Waals surface area (Å²) in [6, 6.07) is 1.58. The largest absolute Gasteiger partial charge is 0.481 e. The van der Waals surface area contributed by atoms with Gasteiger partial charge in [-0.2, -0.15) is 0 Å². The number of aryl methyl sites for hydroxylation is 2. The summed E-state index contributed by atoms with van der Waals surface area (Å²) in [5, 5.41) is 22.4. The van der Waals surface area contributed by atoms with E-state index in [0.29, 0.717) is 11.1 Å². The van der Waals surface area contributed by atoms with Gasteiger partial charge in [-0.1, -0.05) is 6.92 Å². The summed E-state index contributed by atoms with van der Waals surface area (Å²) in [5.41, 5.74) is 1.54. The number of nitro benzene ring substituents is 1. The van der Waals surface area contributed by atoms with Gasteiger partial charge in [0.1, 0.15) is 0 Å². The minimum Gasteiger partial charge on any atom is -0.481 e. The van der Waals surface area contributed by atoms with Crippen molar-refractivity contribution < 1.29 is 19.6 Å². The van der Waals surface area contributed by atoms with E-state index in [4.69, 9.17) is 5.11 Å². The smallest absolute Gasteiger partial charge is 0.308 e. The Morgan fingerprint density at radius 2 is 1.90 bits per heavy atom. The third kappa shape index (κ3) is 3.56. The number of carbonyl (C=O) groups excluding carboxylic acids is 1. The molecule has 0 heterocycles. The molecule has 0 saturated carbocycles. The van der Waals surface area contributed by atoms with Crippen LogP contribution in [0.5, 0.6) is 0 Å². The molecule has 1 rings (SSSR count). The van der Waals surface area contributed by atoms with Crippen LogP contribution >= 0.6 is 0 Å². The number of nitro groups is 1. The quantitative estimate of drug-likeness (QED) is 0.637. The monoisotopic (exact) mass is 294 g/mol. The van der Waals surface area contributed by atoms with Crippen molar-refractivity contribution in [3.63, 3.8) is 0 Å². The summed E-state index contributed by atoms with van der Waals surface area (Å²) in [5.74, 6) is -2.24. The molecule has 0 spiro atoms. The van der Waals surface area contributed by atoms with E-state index in [1.54, 1.807) is 19.9 Å². The number of hydrogen-bond donors (Lipinski definition) is 2. The van der Waals surface area contributed by atoms with Gasteiger partial charge in [-0.25, -0.2) is 0 Å². The van der Waals surface area contributed by atoms with Crippen LogP contribution in [0.25, 0.3) is 0 Å². The average Bonchev–Trinajstić information content (AvgIpc) is 2.34. The van der Waals surface area contributed by atoms with E-state index in [1.165, 1.54) is 13.8 Å². The number of amides is 1. The van der Waals surface area contributed by atoms with Crippen LogP contribution in [0.4, 0.5) is 5.69 Å². The van der Waals surface area contributed by atoms with Gasteiger partial charge in [-0.3, -0.25) is 19.7 Å². The predicted octanol–water partition coefficient (Wildman–Crippen LogP) is 1.97. The number of carbonyl (C=O) groups is 2. The Morgan fingerprint density at radius 3 is 2.38 bits per heavy atom. The normalized spacial score (nSPS) is 11.8. The molecule has 0 aromatic heterocycles. The molecule has 1 aromatic carbocycles. The third-order valence-electron chi connectivity index (χ3n) is 3.33. The van der Waals surface area contributed by atoms with Gasteiger partial charge in [0.05, 0.1) is 16.4 Å². The van der Waals surface area contributed by atoms with E-state index in [1.807, 2.05) is 0 Å². The standard InChI is InChI=1S/C14H18N2O5/c1-7-5-8(2)12(16(20)21)10(4)11(7)13(17)15-6-9(3)14(18)19/h5,9H,6H2,1-4H3,(H,15,17)(H,18,19). The zero-order chi connectivity index (χ0) is 16.3. The first-order chi connectivity index (χ1) is 9.66. The second-order valence-electron chi connectivity index (χ2n) is 5.07. The molecule has 1 unspecified atom stereocenters. The number of nitrogens with one attached hydrogen (secondary N) is 1. The van der Waals surface area contributed by atoms with Crippen LogP contribution in [0.2, 0.25) is 0 Å². The van der Waals surface area contributed by atoms with Gasteiger partial charge in [-0.05, 0) is 32.4 Å². The fourth-order valence-electron chi connectivity index (χ4n) is 2.23. The Morgan fingerprint density at radius 1 is 1.33 bits per heavy atom. The molecule has 2 N–H and O–H groups in total. The van der Waals surface area contributed by atoms with E-state index in [0.717, 1.165) is 0 Å². The Balaban J connectivity index is 3.13. The molecule has 7 nitrogen and oxygen atoms in total. The number of carboxylic acid groups (broad SMARTS) is 1. The van der Waals surface area contributed by atoms with E-state index in [-0.39, 0.29) is 23.4 Å². The molecule has 114 valence electrons. The molecule has 1 amide bonds. The lowest BCUT2D eigenvalue weighted by Gasteiger charge is -2.13. The highest BCUT2D eigenvalue weighted by atomic mass is 16.6. The van der Waals surface area contributed by atoms with Gasteiger partial charge in [-0.15, -0.1) is 0 Å². The number of nitrogens with zero attached hydrogens (tertiary/aromatic N) is 1. The van der Waals surface area contributed by atoms with E-state index >= 15 is 0 Å². The van der Waals surface area contributed by atoms with Crippen molar-refractivity contribution in [3.05, 3.63) is 38.4 Å². The average molecular weight is 294 g/mol. The Labute approximate surface area is 122 Å². The minimum absolute atomic E-state index is 0.0330. The molecular formula is C14H18N2O5. The lowest BCUT2D eigenvalue weighted by molar-refractivity contribution is -0.386. The van der Waals surface area contributed by atoms with Crippen LogP contribution in [0.1, 0.15) is 34.0 Å². The molecule has 7 heteroatoms. The maximum absolute atomic E-state index is 12.2. The molecule has 0 aliphatic carbocycles. The molecule has 0 radical (unpaired) electrons. The maximum Gasteiger partial charge on any atom is 0.308 e. The van der Waals surface area contributed by atoms with Crippen molar-refractivity contribution in [3.8, 4) is 0 Å². The Kier molecular flexibility index (Phi) is 5.02. The summed E-state index contributed by atoms with van der Waals surface area (Å²) in [4.78, 5) is 33.5. The second kappa shape index (κ2) is 6.34. The van der Waals surface area contributed by atoms with Gasteiger partial charge >= 0.3 is 5.97 Å². The van der Waals surface area contributed by atoms with Crippen LogP contribution in [0.3, 0.4) is 0 Å². The van der Waals surface area contributed by atoms with Gasteiger partial charge in [0, 0.05) is 17.7 Å². The van der Waals surface area contributed by atoms with Crippen LogP contribution in [-0.4, -0.2) is 28.5 Å². The number of carboxylic acids is 1. The summed E-state index contributed by atoms with van der Waals surface area (Å²) in [7, 11) is 0. The number of hydrogen-bond acceptors (Lipinski definition) is 4. The highest BCUT2D eigenvalue weighted by Gasteiger charge is 2.24.